The Morgan fingerprint density at radius 1 is 1.32 bits per heavy atom. The average molecular weight is 300 g/mol. The summed E-state index contributed by atoms with van der Waals surface area (Å²) in [4.78, 5) is 0. The summed E-state index contributed by atoms with van der Waals surface area (Å²) in [6, 6.07) is 5.95. The number of aromatic nitrogens is 2. The summed E-state index contributed by atoms with van der Waals surface area (Å²) in [5.74, 6) is 0.645. The van der Waals surface area contributed by atoms with Crippen LogP contribution in [0.4, 0.5) is 0 Å². The minimum absolute atomic E-state index is 0.00419. The first-order chi connectivity index (χ1) is 10.6. The highest BCUT2D eigenvalue weighted by molar-refractivity contribution is 5.73. The van der Waals surface area contributed by atoms with Crippen molar-refractivity contribution in [2.75, 3.05) is 13.2 Å². The van der Waals surface area contributed by atoms with E-state index in [1.165, 1.54) is 5.57 Å². The van der Waals surface area contributed by atoms with E-state index in [2.05, 4.69) is 30.2 Å². The molecule has 1 aromatic heterocycles. The summed E-state index contributed by atoms with van der Waals surface area (Å²) in [6.45, 7) is 5.10. The van der Waals surface area contributed by atoms with E-state index in [4.69, 9.17) is 9.37 Å². The molecule has 116 valence electrons. The first-order valence-corrected chi connectivity index (χ1v) is 7.76. The second kappa shape index (κ2) is 4.89. The number of hydrogen-bond acceptors (Lipinski definition) is 5. The maximum atomic E-state index is 9.88. The van der Waals surface area contributed by atoms with E-state index in [-0.39, 0.29) is 18.1 Å². The van der Waals surface area contributed by atoms with Crippen LogP contribution in [-0.2, 0) is 4.74 Å². The molecular formula is C17H20N2O3. The number of aliphatic hydroxyl groups excluding tert-OH is 1. The molecule has 22 heavy (non-hydrogen) atoms. The molecule has 1 fully saturated rings. The third-order valence-corrected chi connectivity index (χ3v) is 5.53. The highest BCUT2D eigenvalue weighted by atomic mass is 16.6. The molecule has 0 amide bonds. The molecule has 4 unspecified atom stereocenters. The maximum Gasteiger partial charge on any atom is 0.135 e. The lowest BCUT2D eigenvalue weighted by molar-refractivity contribution is -0.130. The normalized spacial score (nSPS) is 34.7. The predicted octanol–water partition coefficient (Wildman–Crippen LogP) is 2.88. The minimum atomic E-state index is -0.139. The van der Waals surface area contributed by atoms with Gasteiger partial charge in [0.15, 0.2) is 0 Å². The smallest absolute Gasteiger partial charge is 0.135 e. The van der Waals surface area contributed by atoms with Crippen molar-refractivity contribution in [1.29, 1.82) is 0 Å². The number of nitrogens with zero attached hydrogens (tertiary/aromatic N) is 2. The van der Waals surface area contributed by atoms with E-state index in [1.54, 1.807) is 0 Å². The van der Waals surface area contributed by atoms with Gasteiger partial charge in [0.1, 0.15) is 11.0 Å². The van der Waals surface area contributed by atoms with E-state index in [9.17, 15) is 5.11 Å². The monoisotopic (exact) mass is 300 g/mol. The highest BCUT2D eigenvalue weighted by Gasteiger charge is 2.48. The number of allylic oxidation sites excluding steroid dienone is 1. The quantitative estimate of drug-likeness (QED) is 0.864. The van der Waals surface area contributed by atoms with Crippen LogP contribution in [0, 0.1) is 17.3 Å². The lowest BCUT2D eigenvalue weighted by Gasteiger charge is -2.50. The van der Waals surface area contributed by atoms with Crippen molar-refractivity contribution >= 4 is 11.0 Å². The van der Waals surface area contributed by atoms with Crippen LogP contribution < -0.4 is 0 Å². The SMILES string of the molecule is CC1=CC(C)C2(CO)COC(c3ccc4nonc4c3)C1C2. The Morgan fingerprint density at radius 2 is 2.14 bits per heavy atom. The van der Waals surface area contributed by atoms with Gasteiger partial charge in [0.2, 0.25) is 0 Å². The van der Waals surface area contributed by atoms with E-state index >= 15 is 0 Å². The fraction of sp³-hybridized carbons (Fsp3) is 0.529. The molecule has 1 saturated heterocycles. The van der Waals surface area contributed by atoms with Gasteiger partial charge in [-0.05, 0) is 47.3 Å². The van der Waals surface area contributed by atoms with Crippen LogP contribution >= 0.6 is 0 Å². The predicted molar refractivity (Wildman–Crippen MR) is 81.0 cm³/mol. The molecule has 2 aliphatic rings. The van der Waals surface area contributed by atoms with Crippen molar-refractivity contribution in [2.24, 2.45) is 17.3 Å². The van der Waals surface area contributed by atoms with Gasteiger partial charge in [-0.2, -0.15) is 0 Å². The Labute approximate surface area is 128 Å². The lowest BCUT2D eigenvalue weighted by atomic mass is 9.62. The standard InChI is InChI=1S/C17H20N2O3/c1-10-5-11(2)17(8-20)7-13(10)16(21-9-17)12-3-4-14-15(6-12)19-22-18-14/h3-6,11,13,16,20H,7-9H2,1-2H3. The topological polar surface area (TPSA) is 68.4 Å². The van der Waals surface area contributed by atoms with Gasteiger partial charge < -0.3 is 9.84 Å². The maximum absolute atomic E-state index is 9.88. The van der Waals surface area contributed by atoms with Crippen molar-refractivity contribution in [3.05, 3.63) is 35.4 Å². The van der Waals surface area contributed by atoms with E-state index < -0.39 is 0 Å². The molecule has 5 heteroatoms. The van der Waals surface area contributed by atoms with Crippen LogP contribution in [0.1, 0.15) is 31.9 Å². The van der Waals surface area contributed by atoms with Crippen LogP contribution in [0.3, 0.4) is 0 Å². The Morgan fingerprint density at radius 3 is 2.95 bits per heavy atom. The third-order valence-electron chi connectivity index (χ3n) is 5.53. The molecule has 0 saturated carbocycles. The number of benzene rings is 1. The molecule has 2 bridgehead atoms. The number of ether oxygens (including phenoxy) is 1. The first-order valence-electron chi connectivity index (χ1n) is 7.76. The van der Waals surface area contributed by atoms with Gasteiger partial charge in [-0.15, -0.1) is 0 Å². The van der Waals surface area contributed by atoms with Gasteiger partial charge >= 0.3 is 0 Å². The molecule has 1 aliphatic heterocycles. The molecule has 5 nitrogen and oxygen atoms in total. The largest absolute Gasteiger partial charge is 0.396 e. The molecule has 2 aromatic rings. The summed E-state index contributed by atoms with van der Waals surface area (Å²) in [5, 5.41) is 17.6. The summed E-state index contributed by atoms with van der Waals surface area (Å²) < 4.78 is 11.0. The Kier molecular flexibility index (Phi) is 3.09. The highest BCUT2D eigenvalue weighted by Crippen LogP contribution is 2.52. The van der Waals surface area contributed by atoms with Crippen molar-refractivity contribution in [2.45, 2.75) is 26.4 Å². The van der Waals surface area contributed by atoms with Gasteiger partial charge in [-0.25, -0.2) is 4.63 Å². The first kappa shape index (κ1) is 13.9. The van der Waals surface area contributed by atoms with Crippen LogP contribution in [0.2, 0.25) is 0 Å². The minimum Gasteiger partial charge on any atom is -0.396 e. The van der Waals surface area contributed by atoms with Crippen molar-refractivity contribution in [3.63, 3.8) is 0 Å². The molecule has 4 atom stereocenters. The van der Waals surface area contributed by atoms with Crippen LogP contribution in [0.15, 0.2) is 34.5 Å². The van der Waals surface area contributed by atoms with Gasteiger partial charge in [0.05, 0.1) is 19.3 Å². The molecule has 1 aromatic carbocycles. The fourth-order valence-electron chi connectivity index (χ4n) is 3.95. The summed E-state index contributed by atoms with van der Waals surface area (Å²) in [6.07, 6.45) is 3.27. The van der Waals surface area contributed by atoms with Gasteiger partial charge in [0, 0.05) is 11.3 Å². The molecule has 2 heterocycles. The van der Waals surface area contributed by atoms with Gasteiger partial charge in [-0.3, -0.25) is 0 Å². The van der Waals surface area contributed by atoms with E-state index in [0.29, 0.717) is 18.4 Å². The van der Waals surface area contributed by atoms with Crippen molar-refractivity contribution in [3.8, 4) is 0 Å². The Bertz CT molecular complexity index is 738. The molecule has 0 radical (unpaired) electrons. The molecule has 1 N–H and O–H groups in total. The van der Waals surface area contributed by atoms with Crippen LogP contribution in [0.25, 0.3) is 11.0 Å². The zero-order valence-electron chi connectivity index (χ0n) is 12.8. The fourth-order valence-corrected chi connectivity index (χ4v) is 3.95. The molecule has 1 aliphatic carbocycles. The second-order valence-corrected chi connectivity index (χ2v) is 6.77. The van der Waals surface area contributed by atoms with Crippen molar-refractivity contribution in [1.82, 2.24) is 10.3 Å². The second-order valence-electron chi connectivity index (χ2n) is 6.77. The Hall–Kier alpha value is -1.72. The number of rotatable bonds is 2. The summed E-state index contributed by atoms with van der Waals surface area (Å²) >= 11 is 0. The zero-order chi connectivity index (χ0) is 15.3. The van der Waals surface area contributed by atoms with Crippen LogP contribution in [-0.4, -0.2) is 28.6 Å². The van der Waals surface area contributed by atoms with E-state index in [0.717, 1.165) is 23.0 Å². The number of hydrogen-bond donors (Lipinski definition) is 1. The lowest BCUT2D eigenvalue weighted by Crippen LogP contribution is -2.47. The van der Waals surface area contributed by atoms with Crippen LogP contribution in [0.5, 0.6) is 0 Å². The summed E-state index contributed by atoms with van der Waals surface area (Å²) in [7, 11) is 0. The van der Waals surface area contributed by atoms with Gasteiger partial charge in [-0.1, -0.05) is 24.6 Å². The number of aliphatic hydroxyl groups is 1. The van der Waals surface area contributed by atoms with E-state index in [1.807, 2.05) is 18.2 Å². The Balaban J connectivity index is 1.73. The molecule has 0 spiro atoms. The zero-order valence-corrected chi connectivity index (χ0v) is 12.8. The third kappa shape index (κ3) is 1.92. The number of fused-ring (bicyclic) bond motifs is 3. The molecule has 4 rings (SSSR count). The van der Waals surface area contributed by atoms with Gasteiger partial charge in [0.25, 0.3) is 0 Å². The van der Waals surface area contributed by atoms with Crippen molar-refractivity contribution < 1.29 is 14.5 Å². The average Bonchev–Trinajstić information content (AvgIpc) is 3.00. The molecular weight excluding hydrogens is 280 g/mol. The summed E-state index contributed by atoms with van der Waals surface area (Å²) in [5.41, 5.74) is 3.82.